The van der Waals surface area contributed by atoms with Crippen LogP contribution in [0.1, 0.15) is 5.69 Å². The summed E-state index contributed by atoms with van der Waals surface area (Å²) in [6.45, 7) is 0. The lowest BCUT2D eigenvalue weighted by molar-refractivity contribution is 0.561. The van der Waals surface area contributed by atoms with Gasteiger partial charge in [-0.1, -0.05) is 0 Å². The summed E-state index contributed by atoms with van der Waals surface area (Å²) in [5.74, 6) is 0. The minimum Gasteiger partial charge on any atom is -0.283 e. The van der Waals surface area contributed by atoms with Crippen LogP contribution >= 0.6 is 11.3 Å². The largest absolute Gasteiger partial charge is 0.283 e. The molecule has 0 amide bonds. The third-order valence-electron chi connectivity index (χ3n) is 0.537. The van der Waals surface area contributed by atoms with E-state index in [1.54, 1.807) is 17.2 Å². The first-order valence-corrected chi connectivity index (χ1v) is 2.64. The number of hydrogen-bond acceptors (Lipinski definition) is 3. The van der Waals surface area contributed by atoms with Crippen molar-refractivity contribution in [3.8, 4) is 0 Å². The standard InChI is InChI=1S/C4H2NOS/c6-1-4-2-7-3-5-4/h2-3H. The molecule has 0 aromatic carbocycles. The fourth-order valence-corrected chi connectivity index (χ4v) is 0.736. The summed E-state index contributed by atoms with van der Waals surface area (Å²) in [5.41, 5.74) is 1.99. The summed E-state index contributed by atoms with van der Waals surface area (Å²) in [6.07, 6.45) is 1.66. The molecule has 0 saturated heterocycles. The van der Waals surface area contributed by atoms with Crippen molar-refractivity contribution >= 4 is 17.6 Å². The lowest BCUT2D eigenvalue weighted by Crippen LogP contribution is -1.73. The second-order valence-corrected chi connectivity index (χ2v) is 1.69. The topological polar surface area (TPSA) is 30.0 Å². The molecule has 0 bridgehead atoms. The quantitative estimate of drug-likeness (QED) is 0.532. The van der Waals surface area contributed by atoms with E-state index < -0.39 is 0 Å². The van der Waals surface area contributed by atoms with E-state index in [0.29, 0.717) is 5.69 Å². The van der Waals surface area contributed by atoms with Crippen molar-refractivity contribution in [2.45, 2.75) is 0 Å². The van der Waals surface area contributed by atoms with Crippen molar-refractivity contribution in [2.75, 3.05) is 0 Å². The van der Waals surface area contributed by atoms with Crippen LogP contribution in [0.25, 0.3) is 0 Å². The molecule has 1 aromatic rings. The molecule has 0 unspecified atom stereocenters. The van der Waals surface area contributed by atoms with Crippen molar-refractivity contribution in [1.29, 1.82) is 0 Å². The molecule has 0 saturated carbocycles. The molecule has 7 heavy (non-hydrogen) atoms. The van der Waals surface area contributed by atoms with Gasteiger partial charge in [0.2, 0.25) is 0 Å². The van der Waals surface area contributed by atoms with Gasteiger partial charge >= 0.3 is 0 Å². The molecule has 0 N–H and O–H groups in total. The molecule has 0 atom stereocenters. The van der Waals surface area contributed by atoms with Crippen molar-refractivity contribution in [2.24, 2.45) is 0 Å². The molecule has 0 aliphatic rings. The van der Waals surface area contributed by atoms with Gasteiger partial charge in [0.05, 0.1) is 5.51 Å². The summed E-state index contributed by atoms with van der Waals surface area (Å²) < 4.78 is 0. The van der Waals surface area contributed by atoms with E-state index in [9.17, 15) is 4.79 Å². The fourth-order valence-electron chi connectivity index (χ4n) is 0.263. The minimum absolute atomic E-state index is 0.394. The maximum absolute atomic E-state index is 9.69. The summed E-state index contributed by atoms with van der Waals surface area (Å²) in [5, 5.41) is 1.65. The minimum atomic E-state index is 0.394. The maximum atomic E-state index is 9.69. The Bertz CT molecular complexity index is 147. The van der Waals surface area contributed by atoms with Gasteiger partial charge in [0.25, 0.3) is 6.29 Å². The molecule has 3 heteroatoms. The zero-order valence-corrected chi connectivity index (χ0v) is 4.23. The van der Waals surface area contributed by atoms with Gasteiger partial charge in [-0.15, -0.1) is 11.3 Å². The van der Waals surface area contributed by atoms with Crippen molar-refractivity contribution in [3.63, 3.8) is 0 Å². The van der Waals surface area contributed by atoms with Gasteiger partial charge in [0.15, 0.2) is 0 Å². The lowest BCUT2D eigenvalue weighted by Gasteiger charge is -1.62. The molecule has 0 fully saturated rings. The summed E-state index contributed by atoms with van der Waals surface area (Å²) >= 11 is 1.39. The SMILES string of the molecule is O=[C]c1cscn1. The van der Waals surface area contributed by atoms with Crippen molar-refractivity contribution < 1.29 is 4.79 Å². The highest BCUT2D eigenvalue weighted by Crippen LogP contribution is 1.95. The van der Waals surface area contributed by atoms with Crippen LogP contribution in [0.4, 0.5) is 0 Å². The van der Waals surface area contributed by atoms with E-state index in [2.05, 4.69) is 4.98 Å². The van der Waals surface area contributed by atoms with Gasteiger partial charge < -0.3 is 0 Å². The van der Waals surface area contributed by atoms with E-state index in [0.717, 1.165) is 0 Å². The number of carbonyl (C=O) groups excluding carboxylic acids is 1. The van der Waals surface area contributed by atoms with E-state index in [1.165, 1.54) is 11.3 Å². The Balaban J connectivity index is 2.96. The van der Waals surface area contributed by atoms with Crippen LogP contribution in [-0.4, -0.2) is 11.3 Å². The first-order valence-electron chi connectivity index (χ1n) is 1.70. The average Bonchev–Trinajstić information content (AvgIpc) is 2.14. The molecule has 2 nitrogen and oxygen atoms in total. The highest BCUT2D eigenvalue weighted by molar-refractivity contribution is 7.07. The van der Waals surface area contributed by atoms with Gasteiger partial charge in [-0.25, -0.2) is 4.98 Å². The van der Waals surface area contributed by atoms with Crippen LogP contribution in [-0.2, 0) is 4.79 Å². The smallest absolute Gasteiger partial charge is 0.254 e. The molecule has 0 spiro atoms. The van der Waals surface area contributed by atoms with Gasteiger partial charge in [0, 0.05) is 5.38 Å². The predicted octanol–water partition coefficient (Wildman–Crippen LogP) is 0.601. The Morgan fingerprint density at radius 2 is 2.71 bits per heavy atom. The number of aromatic nitrogens is 1. The summed E-state index contributed by atoms with van der Waals surface area (Å²) in [6, 6.07) is 0. The normalized spacial score (nSPS) is 8.57. The summed E-state index contributed by atoms with van der Waals surface area (Å²) in [7, 11) is 0. The molecule has 1 heterocycles. The number of hydrogen-bond donors (Lipinski definition) is 0. The monoisotopic (exact) mass is 112 g/mol. The Morgan fingerprint density at radius 3 is 3.00 bits per heavy atom. The van der Waals surface area contributed by atoms with E-state index >= 15 is 0 Å². The van der Waals surface area contributed by atoms with Crippen molar-refractivity contribution in [1.82, 2.24) is 4.98 Å². The van der Waals surface area contributed by atoms with Gasteiger partial charge in [-0.2, -0.15) is 0 Å². The van der Waals surface area contributed by atoms with Crippen molar-refractivity contribution in [3.05, 3.63) is 16.6 Å². The van der Waals surface area contributed by atoms with Gasteiger partial charge in [-0.3, -0.25) is 4.79 Å². The van der Waals surface area contributed by atoms with Crippen LogP contribution in [0.3, 0.4) is 0 Å². The molecular weight excluding hydrogens is 110 g/mol. The Kier molecular flexibility index (Phi) is 1.17. The van der Waals surface area contributed by atoms with E-state index in [-0.39, 0.29) is 0 Å². The molecule has 1 aromatic heterocycles. The Labute approximate surface area is 44.8 Å². The molecule has 0 aliphatic carbocycles. The Hall–Kier alpha value is -0.700. The van der Waals surface area contributed by atoms with E-state index in [1.807, 2.05) is 0 Å². The van der Waals surface area contributed by atoms with Gasteiger partial charge in [-0.05, 0) is 0 Å². The molecule has 35 valence electrons. The molecule has 1 rings (SSSR count). The first-order chi connectivity index (χ1) is 3.43. The van der Waals surface area contributed by atoms with Crippen LogP contribution in [0.15, 0.2) is 10.9 Å². The average molecular weight is 112 g/mol. The summed E-state index contributed by atoms with van der Waals surface area (Å²) in [4.78, 5) is 13.3. The second kappa shape index (κ2) is 1.84. The third-order valence-corrected chi connectivity index (χ3v) is 1.12. The zero-order valence-electron chi connectivity index (χ0n) is 3.42. The zero-order chi connectivity index (χ0) is 5.11. The Morgan fingerprint density at radius 1 is 1.86 bits per heavy atom. The molecule has 1 radical (unpaired) electrons. The number of nitrogens with zero attached hydrogens (tertiary/aromatic N) is 1. The number of thiazole rings is 1. The highest BCUT2D eigenvalue weighted by Gasteiger charge is 1.86. The lowest BCUT2D eigenvalue weighted by atomic mass is 10.6. The second-order valence-electron chi connectivity index (χ2n) is 0.976. The van der Waals surface area contributed by atoms with Crippen LogP contribution < -0.4 is 0 Å². The predicted molar refractivity (Wildman–Crippen MR) is 26.9 cm³/mol. The van der Waals surface area contributed by atoms with Crippen LogP contribution in [0.5, 0.6) is 0 Å². The fraction of sp³-hybridized carbons (Fsp3) is 0. The first kappa shape index (κ1) is 4.46. The third kappa shape index (κ3) is 0.838. The molecular formula is C4H2NOS. The molecule has 0 aliphatic heterocycles. The maximum Gasteiger partial charge on any atom is 0.254 e. The number of rotatable bonds is 1. The van der Waals surface area contributed by atoms with Crippen LogP contribution in [0, 0.1) is 0 Å². The van der Waals surface area contributed by atoms with Crippen LogP contribution in [0.2, 0.25) is 0 Å². The van der Waals surface area contributed by atoms with Gasteiger partial charge in [0.1, 0.15) is 5.69 Å². The van der Waals surface area contributed by atoms with E-state index in [4.69, 9.17) is 0 Å². The highest BCUT2D eigenvalue weighted by atomic mass is 32.1.